The summed E-state index contributed by atoms with van der Waals surface area (Å²) in [6, 6.07) is 0. The second-order valence-electron chi connectivity index (χ2n) is 5.93. The summed E-state index contributed by atoms with van der Waals surface area (Å²) in [5.41, 5.74) is 0.0275. The molecule has 0 aromatic rings. The molecule has 19 heavy (non-hydrogen) atoms. The van der Waals surface area contributed by atoms with E-state index in [0.717, 1.165) is 19.3 Å². The average Bonchev–Trinajstić information content (AvgIpc) is 2.37. The lowest BCUT2D eigenvalue weighted by Crippen LogP contribution is -2.23. The van der Waals surface area contributed by atoms with Crippen LogP contribution in [-0.4, -0.2) is 28.2 Å². The molecule has 0 amide bonds. The van der Waals surface area contributed by atoms with Crippen molar-refractivity contribution in [3.8, 4) is 0 Å². The van der Waals surface area contributed by atoms with Crippen LogP contribution in [0.4, 0.5) is 0 Å². The van der Waals surface area contributed by atoms with Crippen LogP contribution >= 0.6 is 0 Å². The molecular weight excluding hydrogens is 264 g/mol. The highest BCUT2D eigenvalue weighted by Crippen LogP contribution is 2.30. The maximum Gasteiger partial charge on any atom is 0.296 e. The van der Waals surface area contributed by atoms with Crippen molar-refractivity contribution in [2.75, 3.05) is 19.8 Å². The maximum atomic E-state index is 12.1. The lowest BCUT2D eigenvalue weighted by molar-refractivity contribution is 0.0509. The van der Waals surface area contributed by atoms with E-state index < -0.39 is 10.1 Å². The van der Waals surface area contributed by atoms with Gasteiger partial charge in [-0.2, -0.15) is 8.42 Å². The van der Waals surface area contributed by atoms with Gasteiger partial charge in [0.05, 0.1) is 11.5 Å². The van der Waals surface area contributed by atoms with E-state index in [0.29, 0.717) is 18.1 Å². The van der Waals surface area contributed by atoms with Crippen LogP contribution in [0, 0.1) is 11.3 Å². The molecule has 4 nitrogen and oxygen atoms in total. The molecule has 1 aliphatic carbocycles. The summed E-state index contributed by atoms with van der Waals surface area (Å²) in [6.07, 6.45) is 7.80. The van der Waals surface area contributed by atoms with E-state index in [1.807, 2.05) is 6.08 Å². The Morgan fingerprint density at radius 1 is 1.37 bits per heavy atom. The van der Waals surface area contributed by atoms with E-state index in [1.165, 1.54) is 0 Å². The maximum absolute atomic E-state index is 12.1. The number of allylic oxidation sites excluding steroid dienone is 3. The van der Waals surface area contributed by atoms with Gasteiger partial charge in [-0.3, -0.25) is 4.18 Å². The third-order valence-corrected chi connectivity index (χ3v) is 4.94. The molecule has 1 heterocycles. The first-order valence-electron chi connectivity index (χ1n) is 6.76. The molecule has 0 atom stereocenters. The Morgan fingerprint density at radius 3 is 2.63 bits per heavy atom. The third kappa shape index (κ3) is 4.16. The van der Waals surface area contributed by atoms with Gasteiger partial charge in [0.2, 0.25) is 0 Å². The van der Waals surface area contributed by atoms with E-state index in [1.54, 1.807) is 12.2 Å². The number of hydrogen-bond donors (Lipinski definition) is 0. The van der Waals surface area contributed by atoms with Crippen LogP contribution in [-0.2, 0) is 19.0 Å². The van der Waals surface area contributed by atoms with Crippen molar-refractivity contribution in [3.05, 3.63) is 23.1 Å². The molecule has 0 unspecified atom stereocenters. The normalized spacial score (nSPS) is 24.2. The highest BCUT2D eigenvalue weighted by Gasteiger charge is 2.25. The number of hydrogen-bond acceptors (Lipinski definition) is 4. The molecule has 1 aliphatic heterocycles. The zero-order valence-electron chi connectivity index (χ0n) is 11.6. The summed E-state index contributed by atoms with van der Waals surface area (Å²) in [5, 5.41) is 0. The van der Waals surface area contributed by atoms with Crippen molar-refractivity contribution in [2.24, 2.45) is 11.3 Å². The Bertz CT molecular complexity index is 468. The predicted octanol–water partition coefficient (Wildman–Crippen LogP) is 2.63. The molecule has 2 rings (SSSR count). The highest BCUT2D eigenvalue weighted by molar-refractivity contribution is 7.90. The Balaban J connectivity index is 1.92. The second kappa shape index (κ2) is 5.77. The van der Waals surface area contributed by atoms with Crippen molar-refractivity contribution in [2.45, 2.75) is 33.1 Å². The van der Waals surface area contributed by atoms with Gasteiger partial charge in [0.15, 0.2) is 0 Å². The molecule has 0 spiro atoms. The van der Waals surface area contributed by atoms with Gasteiger partial charge < -0.3 is 4.74 Å². The monoisotopic (exact) mass is 286 g/mol. The lowest BCUT2D eigenvalue weighted by atomic mass is 9.86. The van der Waals surface area contributed by atoms with E-state index >= 15 is 0 Å². The molecule has 1 saturated heterocycles. The van der Waals surface area contributed by atoms with Gasteiger partial charge in [0.1, 0.15) is 0 Å². The molecule has 2 aliphatic rings. The van der Waals surface area contributed by atoms with Gasteiger partial charge in [-0.1, -0.05) is 26.0 Å². The minimum absolute atomic E-state index is 0.0275. The molecule has 108 valence electrons. The minimum atomic E-state index is -3.60. The molecule has 0 N–H and O–H groups in total. The van der Waals surface area contributed by atoms with Gasteiger partial charge in [-0.05, 0) is 36.7 Å². The summed E-state index contributed by atoms with van der Waals surface area (Å²) in [7, 11) is -3.60. The Morgan fingerprint density at radius 2 is 2.05 bits per heavy atom. The van der Waals surface area contributed by atoms with Crippen molar-refractivity contribution in [1.29, 1.82) is 0 Å². The quantitative estimate of drug-likeness (QED) is 0.746. The van der Waals surface area contributed by atoms with Crippen molar-refractivity contribution in [3.63, 3.8) is 0 Å². The van der Waals surface area contributed by atoms with Crippen LogP contribution in [0.1, 0.15) is 33.1 Å². The lowest BCUT2D eigenvalue weighted by Gasteiger charge is -2.24. The summed E-state index contributed by atoms with van der Waals surface area (Å²) >= 11 is 0. The zero-order chi connectivity index (χ0) is 13.9. The molecule has 0 saturated carbocycles. The molecular formula is C14H22O4S. The average molecular weight is 286 g/mol. The fourth-order valence-electron chi connectivity index (χ4n) is 2.16. The van der Waals surface area contributed by atoms with Crippen molar-refractivity contribution >= 4 is 10.1 Å². The van der Waals surface area contributed by atoms with Gasteiger partial charge >= 0.3 is 0 Å². The largest absolute Gasteiger partial charge is 0.381 e. The SMILES string of the molecule is CC1(C)C=CC(S(=O)(=O)OCC2CCOCC2)=CC1. The summed E-state index contributed by atoms with van der Waals surface area (Å²) in [6.45, 7) is 5.81. The van der Waals surface area contributed by atoms with Crippen molar-refractivity contribution in [1.82, 2.24) is 0 Å². The predicted molar refractivity (Wildman–Crippen MR) is 74.0 cm³/mol. The smallest absolute Gasteiger partial charge is 0.296 e. The molecule has 0 radical (unpaired) electrons. The first-order valence-corrected chi connectivity index (χ1v) is 8.16. The minimum Gasteiger partial charge on any atom is -0.381 e. The number of rotatable bonds is 4. The first-order chi connectivity index (χ1) is 8.89. The van der Waals surface area contributed by atoms with E-state index in [9.17, 15) is 8.42 Å². The van der Waals surface area contributed by atoms with Crippen LogP contribution in [0.5, 0.6) is 0 Å². The van der Waals surface area contributed by atoms with Crippen LogP contribution in [0.3, 0.4) is 0 Å². The first kappa shape index (κ1) is 14.8. The van der Waals surface area contributed by atoms with E-state index in [4.69, 9.17) is 8.92 Å². The Hall–Kier alpha value is -0.650. The second-order valence-corrected chi connectivity index (χ2v) is 7.54. The van der Waals surface area contributed by atoms with Gasteiger partial charge in [-0.15, -0.1) is 0 Å². The molecule has 0 aromatic carbocycles. The summed E-state index contributed by atoms with van der Waals surface area (Å²) in [5.74, 6) is 0.285. The molecule has 5 heteroatoms. The standard InChI is InChI=1S/C14H22O4S/c1-14(2)7-3-13(4-8-14)19(15,16)18-11-12-5-9-17-10-6-12/h3-4,7,12H,5-6,8-11H2,1-2H3. The van der Waals surface area contributed by atoms with Crippen LogP contribution in [0.25, 0.3) is 0 Å². The molecule has 0 bridgehead atoms. The highest BCUT2D eigenvalue weighted by atomic mass is 32.2. The summed E-state index contributed by atoms with van der Waals surface area (Å²) in [4.78, 5) is 0.291. The number of ether oxygens (including phenoxy) is 1. The van der Waals surface area contributed by atoms with Crippen LogP contribution in [0.2, 0.25) is 0 Å². The van der Waals surface area contributed by atoms with Gasteiger partial charge in [0, 0.05) is 13.2 Å². The van der Waals surface area contributed by atoms with Crippen molar-refractivity contribution < 1.29 is 17.3 Å². The summed E-state index contributed by atoms with van der Waals surface area (Å²) < 4.78 is 34.5. The van der Waals surface area contributed by atoms with Gasteiger partial charge in [-0.25, -0.2) is 0 Å². The van der Waals surface area contributed by atoms with Crippen LogP contribution in [0.15, 0.2) is 23.1 Å². The third-order valence-electron chi connectivity index (χ3n) is 3.62. The van der Waals surface area contributed by atoms with Gasteiger partial charge in [0.25, 0.3) is 10.1 Å². The topological polar surface area (TPSA) is 52.6 Å². The zero-order valence-corrected chi connectivity index (χ0v) is 12.4. The van der Waals surface area contributed by atoms with E-state index in [-0.39, 0.29) is 17.9 Å². The fourth-order valence-corrected chi connectivity index (χ4v) is 3.19. The van der Waals surface area contributed by atoms with Crippen LogP contribution < -0.4 is 0 Å². The molecule has 0 aromatic heterocycles. The molecule has 1 fully saturated rings. The fraction of sp³-hybridized carbons (Fsp3) is 0.714. The van der Waals surface area contributed by atoms with E-state index in [2.05, 4.69) is 13.8 Å². The Kier molecular flexibility index (Phi) is 4.48. The Labute approximate surface area is 115 Å².